The minimum Gasteiger partial charge on any atom is -0.444 e. The Morgan fingerprint density at radius 2 is 2.40 bits per heavy atom. The molecule has 3 atom stereocenters. The molecule has 3 heteroatoms. The van der Waals surface area contributed by atoms with Crippen LogP contribution in [0.4, 0.5) is 4.79 Å². The SMILES string of the molecule is CC1CCC2OC(=O)NC12. The lowest BCUT2D eigenvalue weighted by atomic mass is 10.1. The number of rotatable bonds is 0. The van der Waals surface area contributed by atoms with E-state index in [1.54, 1.807) is 0 Å². The molecule has 0 bridgehead atoms. The van der Waals surface area contributed by atoms with Gasteiger partial charge in [-0.05, 0) is 18.8 Å². The number of amides is 1. The van der Waals surface area contributed by atoms with Crippen molar-refractivity contribution >= 4 is 6.09 Å². The molecule has 1 saturated carbocycles. The topological polar surface area (TPSA) is 38.3 Å². The third kappa shape index (κ3) is 0.696. The molecule has 1 saturated heterocycles. The second-order valence-corrected chi connectivity index (χ2v) is 3.17. The zero-order valence-electron chi connectivity index (χ0n) is 5.96. The number of ether oxygens (including phenoxy) is 1. The highest BCUT2D eigenvalue weighted by atomic mass is 16.6. The van der Waals surface area contributed by atoms with Crippen molar-refractivity contribution in [3.63, 3.8) is 0 Å². The van der Waals surface area contributed by atoms with Crippen LogP contribution in [-0.2, 0) is 4.74 Å². The first kappa shape index (κ1) is 6.01. The molecule has 1 amide bonds. The van der Waals surface area contributed by atoms with Gasteiger partial charge in [0, 0.05) is 0 Å². The summed E-state index contributed by atoms with van der Waals surface area (Å²) in [6, 6.07) is 0.299. The Labute approximate surface area is 59.7 Å². The lowest BCUT2D eigenvalue weighted by Crippen LogP contribution is -2.31. The predicted octanol–water partition coefficient (Wildman–Crippen LogP) is 0.893. The van der Waals surface area contributed by atoms with Crippen molar-refractivity contribution < 1.29 is 9.53 Å². The Morgan fingerprint density at radius 3 is 3.10 bits per heavy atom. The van der Waals surface area contributed by atoms with Gasteiger partial charge in [-0.2, -0.15) is 0 Å². The Hall–Kier alpha value is -0.730. The van der Waals surface area contributed by atoms with Crippen LogP contribution in [0.3, 0.4) is 0 Å². The van der Waals surface area contributed by atoms with Gasteiger partial charge in [-0.25, -0.2) is 4.79 Å². The summed E-state index contributed by atoms with van der Waals surface area (Å²) in [7, 11) is 0. The van der Waals surface area contributed by atoms with E-state index in [2.05, 4.69) is 12.2 Å². The standard InChI is InChI=1S/C7H11NO2/c1-4-2-3-5-6(4)8-7(9)10-5/h4-6H,2-3H2,1H3,(H,8,9). The molecule has 2 fully saturated rings. The van der Waals surface area contributed by atoms with Crippen LogP contribution >= 0.6 is 0 Å². The van der Waals surface area contributed by atoms with E-state index in [1.165, 1.54) is 6.42 Å². The molecule has 0 aromatic heterocycles. The quantitative estimate of drug-likeness (QED) is 0.544. The molecule has 1 aliphatic carbocycles. The van der Waals surface area contributed by atoms with E-state index < -0.39 is 0 Å². The molecule has 10 heavy (non-hydrogen) atoms. The summed E-state index contributed by atoms with van der Waals surface area (Å²) in [5.41, 5.74) is 0. The van der Waals surface area contributed by atoms with Crippen LogP contribution in [0.2, 0.25) is 0 Å². The first-order valence-electron chi connectivity index (χ1n) is 3.74. The van der Waals surface area contributed by atoms with Gasteiger partial charge in [-0.3, -0.25) is 0 Å². The monoisotopic (exact) mass is 141 g/mol. The van der Waals surface area contributed by atoms with Crippen LogP contribution in [-0.4, -0.2) is 18.2 Å². The van der Waals surface area contributed by atoms with Crippen LogP contribution in [0.15, 0.2) is 0 Å². The highest BCUT2D eigenvalue weighted by Crippen LogP contribution is 2.31. The molecule has 1 heterocycles. The summed E-state index contributed by atoms with van der Waals surface area (Å²) in [5, 5.41) is 2.80. The first-order chi connectivity index (χ1) is 4.77. The Morgan fingerprint density at radius 1 is 1.60 bits per heavy atom. The fourth-order valence-electron chi connectivity index (χ4n) is 1.83. The summed E-state index contributed by atoms with van der Waals surface area (Å²) in [5.74, 6) is 0.594. The fraction of sp³-hybridized carbons (Fsp3) is 0.857. The summed E-state index contributed by atoms with van der Waals surface area (Å²) in [6.45, 7) is 2.15. The molecule has 1 N–H and O–H groups in total. The van der Waals surface area contributed by atoms with Crippen molar-refractivity contribution in [3.05, 3.63) is 0 Å². The maximum Gasteiger partial charge on any atom is 0.407 e. The van der Waals surface area contributed by atoms with E-state index in [4.69, 9.17) is 4.74 Å². The molecule has 3 unspecified atom stereocenters. The third-order valence-corrected chi connectivity index (χ3v) is 2.46. The lowest BCUT2D eigenvalue weighted by molar-refractivity contribution is 0.136. The number of hydrogen-bond acceptors (Lipinski definition) is 2. The van der Waals surface area contributed by atoms with Crippen molar-refractivity contribution in [1.29, 1.82) is 0 Å². The highest BCUT2D eigenvalue weighted by molar-refractivity contribution is 5.70. The van der Waals surface area contributed by atoms with E-state index in [9.17, 15) is 4.79 Å². The number of alkyl carbamates (subject to hydrolysis) is 1. The van der Waals surface area contributed by atoms with Crippen LogP contribution in [0.5, 0.6) is 0 Å². The van der Waals surface area contributed by atoms with E-state index >= 15 is 0 Å². The molecule has 1 aliphatic heterocycles. The maximum absolute atomic E-state index is 10.7. The number of hydrogen-bond donors (Lipinski definition) is 1. The van der Waals surface area contributed by atoms with Crippen molar-refractivity contribution in [1.82, 2.24) is 5.32 Å². The summed E-state index contributed by atoms with van der Waals surface area (Å²) < 4.78 is 5.01. The maximum atomic E-state index is 10.7. The van der Waals surface area contributed by atoms with Gasteiger partial charge in [0.15, 0.2) is 0 Å². The number of fused-ring (bicyclic) bond motifs is 1. The average molecular weight is 141 g/mol. The molecule has 0 spiro atoms. The molecule has 2 rings (SSSR count). The molecule has 2 aliphatic rings. The van der Waals surface area contributed by atoms with E-state index in [-0.39, 0.29) is 12.2 Å². The first-order valence-corrected chi connectivity index (χ1v) is 3.74. The van der Waals surface area contributed by atoms with Gasteiger partial charge in [0.05, 0.1) is 6.04 Å². The average Bonchev–Trinajstić information content (AvgIpc) is 2.35. The molecule has 0 aromatic rings. The van der Waals surface area contributed by atoms with Crippen molar-refractivity contribution in [2.75, 3.05) is 0 Å². The van der Waals surface area contributed by atoms with Gasteiger partial charge < -0.3 is 10.1 Å². The molecule has 0 aromatic carbocycles. The van der Waals surface area contributed by atoms with Crippen molar-refractivity contribution in [2.45, 2.75) is 31.9 Å². The zero-order valence-corrected chi connectivity index (χ0v) is 5.96. The third-order valence-electron chi connectivity index (χ3n) is 2.46. The number of nitrogens with one attached hydrogen (secondary N) is 1. The van der Waals surface area contributed by atoms with Crippen LogP contribution in [0.1, 0.15) is 19.8 Å². The van der Waals surface area contributed by atoms with Gasteiger partial charge in [0.25, 0.3) is 0 Å². The van der Waals surface area contributed by atoms with Gasteiger partial charge in [-0.15, -0.1) is 0 Å². The van der Waals surface area contributed by atoms with E-state index in [0.29, 0.717) is 12.0 Å². The number of carbonyl (C=O) groups is 1. The van der Waals surface area contributed by atoms with Gasteiger partial charge in [-0.1, -0.05) is 6.92 Å². The number of carbonyl (C=O) groups excluding carboxylic acids is 1. The van der Waals surface area contributed by atoms with Gasteiger partial charge in [0.1, 0.15) is 6.10 Å². The molecule has 56 valence electrons. The van der Waals surface area contributed by atoms with Gasteiger partial charge in [0.2, 0.25) is 0 Å². The highest BCUT2D eigenvalue weighted by Gasteiger charge is 2.42. The predicted molar refractivity (Wildman–Crippen MR) is 35.6 cm³/mol. The van der Waals surface area contributed by atoms with Crippen LogP contribution < -0.4 is 5.32 Å². The summed E-state index contributed by atoms with van der Waals surface area (Å²) in [4.78, 5) is 10.7. The minimum atomic E-state index is -0.235. The molecule has 3 nitrogen and oxygen atoms in total. The Balaban J connectivity index is 2.12. The zero-order chi connectivity index (χ0) is 7.14. The molecular weight excluding hydrogens is 130 g/mol. The molecule has 0 radical (unpaired) electrons. The van der Waals surface area contributed by atoms with Gasteiger partial charge >= 0.3 is 6.09 Å². The van der Waals surface area contributed by atoms with E-state index in [1.807, 2.05) is 0 Å². The van der Waals surface area contributed by atoms with Crippen molar-refractivity contribution in [3.8, 4) is 0 Å². The van der Waals surface area contributed by atoms with Crippen LogP contribution in [0, 0.1) is 5.92 Å². The Bertz CT molecular complexity index is 169. The molecular formula is C7H11NO2. The smallest absolute Gasteiger partial charge is 0.407 e. The summed E-state index contributed by atoms with van der Waals surface area (Å²) in [6.07, 6.45) is 2.14. The second-order valence-electron chi connectivity index (χ2n) is 3.17. The summed E-state index contributed by atoms with van der Waals surface area (Å²) >= 11 is 0. The second kappa shape index (κ2) is 1.87. The fourth-order valence-corrected chi connectivity index (χ4v) is 1.83. The lowest BCUT2D eigenvalue weighted by Gasteiger charge is -2.09. The van der Waals surface area contributed by atoms with E-state index in [0.717, 1.165) is 6.42 Å². The largest absolute Gasteiger partial charge is 0.444 e. The Kier molecular flexibility index (Phi) is 1.13. The normalized spacial score (nSPS) is 44.5. The van der Waals surface area contributed by atoms with Crippen LogP contribution in [0.25, 0.3) is 0 Å². The van der Waals surface area contributed by atoms with Crippen molar-refractivity contribution in [2.24, 2.45) is 5.92 Å². The minimum absolute atomic E-state index is 0.169.